The molecule has 0 spiro atoms. The van der Waals surface area contributed by atoms with Gasteiger partial charge in [0, 0.05) is 34.6 Å². The number of benzene rings is 1. The number of thioether (sulfide) groups is 1. The third-order valence-corrected chi connectivity index (χ3v) is 7.29. The van der Waals surface area contributed by atoms with Gasteiger partial charge in [-0.25, -0.2) is 0 Å². The number of hydrogen-bond donors (Lipinski definition) is 1. The van der Waals surface area contributed by atoms with Crippen LogP contribution in [0.2, 0.25) is 0 Å². The van der Waals surface area contributed by atoms with Crippen molar-refractivity contribution in [2.45, 2.75) is 49.7 Å². The van der Waals surface area contributed by atoms with Gasteiger partial charge in [-0.05, 0) is 44.1 Å². The van der Waals surface area contributed by atoms with Crippen molar-refractivity contribution in [1.82, 2.24) is 19.7 Å². The van der Waals surface area contributed by atoms with Gasteiger partial charge in [0.2, 0.25) is 0 Å². The third-order valence-electron chi connectivity index (χ3n) is 6.79. The van der Waals surface area contributed by atoms with Crippen LogP contribution in [0, 0.1) is 0 Å². The molecule has 6 rings (SSSR count). The Morgan fingerprint density at radius 2 is 2.00 bits per heavy atom. The Morgan fingerprint density at radius 1 is 1.22 bits per heavy atom. The molecule has 2 bridgehead atoms. The number of carbonyl (C=O) groups excluding carboxylic acids is 1. The molecule has 2 aliphatic rings. The molecule has 2 fully saturated rings. The Morgan fingerprint density at radius 3 is 2.78 bits per heavy atom. The van der Waals surface area contributed by atoms with Gasteiger partial charge in [0.05, 0.1) is 17.5 Å². The summed E-state index contributed by atoms with van der Waals surface area (Å²) in [5, 5.41) is 16.9. The lowest BCUT2D eigenvalue weighted by Gasteiger charge is -2.37. The van der Waals surface area contributed by atoms with Crippen molar-refractivity contribution in [2.24, 2.45) is 0 Å². The predicted molar refractivity (Wildman–Crippen MR) is 124 cm³/mol. The summed E-state index contributed by atoms with van der Waals surface area (Å²) < 4.78 is 7.68. The summed E-state index contributed by atoms with van der Waals surface area (Å²) in [7, 11) is 0. The van der Waals surface area contributed by atoms with Crippen molar-refractivity contribution in [3.63, 3.8) is 0 Å². The average Bonchev–Trinajstić information content (AvgIpc) is 3.46. The van der Waals surface area contributed by atoms with Crippen LogP contribution >= 0.6 is 11.8 Å². The van der Waals surface area contributed by atoms with Gasteiger partial charge >= 0.3 is 0 Å². The molecule has 7 nitrogen and oxygen atoms in total. The number of amides is 1. The van der Waals surface area contributed by atoms with E-state index in [0.717, 1.165) is 46.0 Å². The normalized spacial score (nSPS) is 22.8. The van der Waals surface area contributed by atoms with Crippen molar-refractivity contribution in [3.05, 3.63) is 48.5 Å². The van der Waals surface area contributed by atoms with Crippen LogP contribution in [-0.4, -0.2) is 55.1 Å². The number of aliphatic hydroxyl groups is 1. The van der Waals surface area contributed by atoms with Crippen molar-refractivity contribution >= 4 is 39.5 Å². The number of carbonyl (C=O) groups is 1. The summed E-state index contributed by atoms with van der Waals surface area (Å²) in [6, 6.07) is 10.00. The molecular weight excluding hydrogens is 424 g/mol. The van der Waals surface area contributed by atoms with E-state index in [2.05, 4.69) is 4.98 Å². The molecular formula is C24H24N4O3S. The van der Waals surface area contributed by atoms with Crippen molar-refractivity contribution in [2.75, 3.05) is 6.26 Å². The summed E-state index contributed by atoms with van der Waals surface area (Å²) in [6.07, 6.45) is 8.47. The molecule has 5 heterocycles. The van der Waals surface area contributed by atoms with E-state index in [0.29, 0.717) is 24.4 Å². The second kappa shape index (κ2) is 7.64. The van der Waals surface area contributed by atoms with Crippen LogP contribution in [0.1, 0.15) is 36.2 Å². The number of nitrogens with zero attached hydrogens (tertiary/aromatic N) is 4. The summed E-state index contributed by atoms with van der Waals surface area (Å²) in [5.74, 6) is 0.629. The number of hydrogen-bond acceptors (Lipinski definition) is 6. The first-order valence-electron chi connectivity index (χ1n) is 11.0. The van der Waals surface area contributed by atoms with E-state index in [1.807, 2.05) is 46.2 Å². The van der Waals surface area contributed by atoms with E-state index in [4.69, 9.17) is 9.52 Å². The zero-order valence-electron chi connectivity index (χ0n) is 17.8. The first-order valence-corrected chi connectivity index (χ1v) is 12.4. The number of aromatic nitrogens is 3. The van der Waals surface area contributed by atoms with Gasteiger partial charge in [0.25, 0.3) is 5.91 Å². The molecule has 1 aromatic carbocycles. The topological polar surface area (TPSA) is 84.4 Å². The lowest BCUT2D eigenvalue weighted by Crippen LogP contribution is -2.48. The van der Waals surface area contributed by atoms with Crippen LogP contribution in [0.25, 0.3) is 33.1 Å². The minimum atomic E-state index is -0.303. The summed E-state index contributed by atoms with van der Waals surface area (Å²) in [4.78, 5) is 20.0. The lowest BCUT2D eigenvalue weighted by atomic mass is 9.99. The smallest absolute Gasteiger partial charge is 0.273 e. The van der Waals surface area contributed by atoms with Gasteiger partial charge in [0.15, 0.2) is 0 Å². The minimum absolute atomic E-state index is 0.0430. The number of piperidine rings is 1. The molecule has 0 aliphatic carbocycles. The highest BCUT2D eigenvalue weighted by Crippen LogP contribution is 2.38. The first kappa shape index (κ1) is 19.8. The number of pyridine rings is 1. The number of aliphatic hydroxyl groups excluding tert-OH is 1. The molecule has 2 saturated heterocycles. The number of furan rings is 1. The Kier molecular flexibility index (Phi) is 4.73. The molecule has 164 valence electrons. The Bertz CT molecular complexity index is 1320. The van der Waals surface area contributed by atoms with E-state index in [1.165, 1.54) is 0 Å². The predicted octanol–water partition coefficient (Wildman–Crippen LogP) is 4.29. The SMILES string of the molecule is CSCn1nc(-c2coc3ccccc23)c2cnc(C(=O)N3C4CCC3CC(O)C4)cc21. The maximum Gasteiger partial charge on any atom is 0.273 e. The molecule has 1 amide bonds. The summed E-state index contributed by atoms with van der Waals surface area (Å²) in [5.41, 5.74) is 3.89. The zero-order chi connectivity index (χ0) is 21.8. The number of fused-ring (bicyclic) bond motifs is 4. The Hall–Kier alpha value is -2.84. The van der Waals surface area contributed by atoms with Gasteiger partial charge in [-0.15, -0.1) is 11.8 Å². The van der Waals surface area contributed by atoms with Gasteiger partial charge in [-0.3, -0.25) is 14.5 Å². The van der Waals surface area contributed by atoms with Gasteiger partial charge in [0.1, 0.15) is 23.2 Å². The van der Waals surface area contributed by atoms with E-state index < -0.39 is 0 Å². The van der Waals surface area contributed by atoms with E-state index in [9.17, 15) is 9.90 Å². The molecule has 8 heteroatoms. The lowest BCUT2D eigenvalue weighted by molar-refractivity contribution is 0.0282. The maximum absolute atomic E-state index is 13.4. The van der Waals surface area contributed by atoms with Gasteiger partial charge in [-0.2, -0.15) is 5.10 Å². The zero-order valence-corrected chi connectivity index (χ0v) is 18.6. The highest BCUT2D eigenvalue weighted by molar-refractivity contribution is 7.97. The largest absolute Gasteiger partial charge is 0.464 e. The van der Waals surface area contributed by atoms with E-state index in [1.54, 1.807) is 24.2 Å². The van der Waals surface area contributed by atoms with Gasteiger partial charge in [-0.1, -0.05) is 18.2 Å². The van der Waals surface area contributed by atoms with Crippen LogP contribution in [0.4, 0.5) is 0 Å². The molecule has 0 radical (unpaired) electrons. The molecule has 0 saturated carbocycles. The third kappa shape index (κ3) is 3.04. The average molecular weight is 449 g/mol. The minimum Gasteiger partial charge on any atom is -0.464 e. The fourth-order valence-corrected chi connectivity index (χ4v) is 5.82. The van der Waals surface area contributed by atoms with Crippen LogP contribution in [0.15, 0.2) is 47.2 Å². The fraction of sp³-hybridized carbons (Fsp3) is 0.375. The molecule has 3 aromatic heterocycles. The molecule has 32 heavy (non-hydrogen) atoms. The number of rotatable bonds is 4. The molecule has 4 aromatic rings. The fourth-order valence-electron chi connectivity index (χ4n) is 5.38. The van der Waals surface area contributed by atoms with Crippen LogP contribution in [0.5, 0.6) is 0 Å². The van der Waals surface area contributed by atoms with Crippen LogP contribution in [0.3, 0.4) is 0 Å². The van der Waals surface area contributed by atoms with E-state index >= 15 is 0 Å². The number of para-hydroxylation sites is 1. The monoisotopic (exact) mass is 448 g/mol. The second-order valence-corrected chi connectivity index (χ2v) is 9.56. The molecule has 1 N–H and O–H groups in total. The maximum atomic E-state index is 13.4. The van der Waals surface area contributed by atoms with Crippen molar-refractivity contribution in [3.8, 4) is 11.3 Å². The van der Waals surface area contributed by atoms with Gasteiger partial charge < -0.3 is 14.4 Å². The molecule has 2 atom stereocenters. The summed E-state index contributed by atoms with van der Waals surface area (Å²) >= 11 is 1.67. The van der Waals surface area contributed by atoms with E-state index in [-0.39, 0.29) is 24.1 Å². The summed E-state index contributed by atoms with van der Waals surface area (Å²) in [6.45, 7) is 0. The Balaban J connectivity index is 1.44. The highest BCUT2D eigenvalue weighted by Gasteiger charge is 2.43. The van der Waals surface area contributed by atoms with Crippen LogP contribution in [-0.2, 0) is 5.88 Å². The molecule has 2 unspecified atom stereocenters. The second-order valence-electron chi connectivity index (χ2n) is 8.72. The first-order chi connectivity index (χ1) is 15.6. The van der Waals surface area contributed by atoms with Crippen molar-refractivity contribution < 1.29 is 14.3 Å². The van der Waals surface area contributed by atoms with Crippen LogP contribution < -0.4 is 0 Å². The Labute approximate surface area is 189 Å². The quantitative estimate of drug-likeness (QED) is 0.501. The standard InChI is InChI=1S/C24H24N4O3S/c1-32-13-27-21-10-20(24(30)28-14-6-7-15(28)9-16(29)8-14)25-11-18(21)23(26-27)19-12-31-22-5-3-2-4-17(19)22/h2-5,10-12,14-16,29H,6-9,13H2,1H3. The highest BCUT2D eigenvalue weighted by atomic mass is 32.2. The van der Waals surface area contributed by atoms with Crippen molar-refractivity contribution in [1.29, 1.82) is 0 Å². The molecule has 2 aliphatic heterocycles.